The van der Waals surface area contributed by atoms with Crippen molar-refractivity contribution in [1.82, 2.24) is 5.32 Å². The van der Waals surface area contributed by atoms with Crippen LogP contribution in [0.3, 0.4) is 0 Å². The van der Waals surface area contributed by atoms with E-state index in [9.17, 15) is 9.59 Å². The summed E-state index contributed by atoms with van der Waals surface area (Å²) in [5.41, 5.74) is 0.750. The minimum atomic E-state index is -0.463. The summed E-state index contributed by atoms with van der Waals surface area (Å²) in [7, 11) is 0. The van der Waals surface area contributed by atoms with E-state index in [0.717, 1.165) is 32.7 Å². The van der Waals surface area contributed by atoms with E-state index in [-0.39, 0.29) is 11.1 Å². The number of hydrogen-bond donors (Lipinski definition) is 2. The van der Waals surface area contributed by atoms with Crippen molar-refractivity contribution in [2.24, 2.45) is 0 Å². The third-order valence-electron chi connectivity index (χ3n) is 3.12. The molecule has 0 spiro atoms. The predicted octanol–water partition coefficient (Wildman–Crippen LogP) is 3.37. The highest BCUT2D eigenvalue weighted by Crippen LogP contribution is 2.30. The third-order valence-corrected chi connectivity index (χ3v) is 4.69. The van der Waals surface area contributed by atoms with Crippen molar-refractivity contribution in [2.45, 2.75) is 6.04 Å². The molecule has 2 aromatic rings. The fourth-order valence-corrected chi connectivity index (χ4v) is 3.37. The van der Waals surface area contributed by atoms with Gasteiger partial charge in [-0.1, -0.05) is 52.0 Å². The SMILES string of the molecule is O=C1NC(C(=O)Nc2ccc(Br)c3ccccc23)CS1. The van der Waals surface area contributed by atoms with E-state index in [2.05, 4.69) is 26.6 Å². The van der Waals surface area contributed by atoms with E-state index in [4.69, 9.17) is 0 Å². The number of carbonyl (C=O) groups is 2. The average Bonchev–Trinajstić information content (AvgIpc) is 2.89. The van der Waals surface area contributed by atoms with Crippen LogP contribution in [0.1, 0.15) is 0 Å². The van der Waals surface area contributed by atoms with Crippen molar-refractivity contribution >= 4 is 55.3 Å². The lowest BCUT2D eigenvalue weighted by Crippen LogP contribution is -2.38. The van der Waals surface area contributed by atoms with Crippen LogP contribution < -0.4 is 10.6 Å². The topological polar surface area (TPSA) is 58.2 Å². The zero-order chi connectivity index (χ0) is 14.1. The largest absolute Gasteiger partial charge is 0.334 e. The molecule has 1 fully saturated rings. The van der Waals surface area contributed by atoms with Gasteiger partial charge in [0.25, 0.3) is 5.24 Å². The van der Waals surface area contributed by atoms with Gasteiger partial charge in [0, 0.05) is 21.3 Å². The number of rotatable bonds is 2. The Labute approximate surface area is 128 Å². The van der Waals surface area contributed by atoms with Gasteiger partial charge in [0.15, 0.2) is 0 Å². The molecule has 1 heterocycles. The molecule has 3 rings (SSSR count). The first kappa shape index (κ1) is 13.5. The van der Waals surface area contributed by atoms with Crippen molar-refractivity contribution in [3.63, 3.8) is 0 Å². The van der Waals surface area contributed by atoms with Crippen LogP contribution in [0, 0.1) is 0 Å². The van der Waals surface area contributed by atoms with Crippen molar-refractivity contribution in [3.05, 3.63) is 40.9 Å². The summed E-state index contributed by atoms with van der Waals surface area (Å²) in [6.07, 6.45) is 0. The van der Waals surface area contributed by atoms with E-state index in [1.54, 1.807) is 0 Å². The first-order valence-electron chi connectivity index (χ1n) is 6.06. The molecule has 4 nitrogen and oxygen atoms in total. The molecule has 20 heavy (non-hydrogen) atoms. The highest BCUT2D eigenvalue weighted by atomic mass is 79.9. The molecular formula is C14H11BrN2O2S. The zero-order valence-corrected chi connectivity index (χ0v) is 12.8. The molecular weight excluding hydrogens is 340 g/mol. The monoisotopic (exact) mass is 350 g/mol. The Hall–Kier alpha value is -1.53. The second kappa shape index (κ2) is 5.46. The third kappa shape index (κ3) is 2.53. The van der Waals surface area contributed by atoms with Crippen molar-refractivity contribution in [3.8, 4) is 0 Å². The predicted molar refractivity (Wildman–Crippen MR) is 85.1 cm³/mol. The molecule has 1 saturated heterocycles. The van der Waals surface area contributed by atoms with Gasteiger partial charge in [-0.15, -0.1) is 0 Å². The van der Waals surface area contributed by atoms with Gasteiger partial charge in [-0.05, 0) is 17.5 Å². The van der Waals surface area contributed by atoms with Crippen molar-refractivity contribution in [1.29, 1.82) is 0 Å². The van der Waals surface area contributed by atoms with E-state index in [0.29, 0.717) is 5.75 Å². The molecule has 1 unspecified atom stereocenters. The van der Waals surface area contributed by atoms with Gasteiger partial charge >= 0.3 is 0 Å². The van der Waals surface area contributed by atoms with Gasteiger partial charge in [-0.25, -0.2) is 0 Å². The van der Waals surface area contributed by atoms with Gasteiger partial charge in [-0.2, -0.15) is 0 Å². The summed E-state index contributed by atoms with van der Waals surface area (Å²) in [4.78, 5) is 23.3. The van der Waals surface area contributed by atoms with Crippen LogP contribution in [0.15, 0.2) is 40.9 Å². The molecule has 0 aromatic heterocycles. The molecule has 2 amide bonds. The Morgan fingerprint density at radius 1 is 1.25 bits per heavy atom. The van der Waals surface area contributed by atoms with Crippen LogP contribution in [-0.4, -0.2) is 22.9 Å². The first-order chi connectivity index (χ1) is 9.65. The molecule has 1 atom stereocenters. The normalized spacial score (nSPS) is 18.1. The van der Waals surface area contributed by atoms with Gasteiger partial charge in [0.2, 0.25) is 5.91 Å². The van der Waals surface area contributed by atoms with Gasteiger partial charge in [0.1, 0.15) is 6.04 Å². The molecule has 0 bridgehead atoms. The van der Waals surface area contributed by atoms with E-state index >= 15 is 0 Å². The molecule has 6 heteroatoms. The zero-order valence-electron chi connectivity index (χ0n) is 10.4. The number of fused-ring (bicyclic) bond motifs is 1. The minimum absolute atomic E-state index is 0.147. The van der Waals surface area contributed by atoms with E-state index in [1.165, 1.54) is 0 Å². The van der Waals surface area contributed by atoms with Crippen LogP contribution in [0.25, 0.3) is 10.8 Å². The van der Waals surface area contributed by atoms with E-state index < -0.39 is 6.04 Å². The van der Waals surface area contributed by atoms with Crippen LogP contribution in [0.4, 0.5) is 10.5 Å². The minimum Gasteiger partial charge on any atom is -0.334 e. The highest BCUT2D eigenvalue weighted by Gasteiger charge is 2.28. The molecule has 0 aliphatic carbocycles. The fraction of sp³-hybridized carbons (Fsp3) is 0.143. The van der Waals surface area contributed by atoms with Gasteiger partial charge in [0.05, 0.1) is 0 Å². The first-order valence-corrected chi connectivity index (χ1v) is 7.84. The summed E-state index contributed by atoms with van der Waals surface area (Å²) in [6.45, 7) is 0. The van der Waals surface area contributed by atoms with Crippen molar-refractivity contribution in [2.75, 3.05) is 11.1 Å². The number of thioether (sulfide) groups is 1. The van der Waals surface area contributed by atoms with Gasteiger partial charge < -0.3 is 10.6 Å². The summed E-state index contributed by atoms with van der Waals surface area (Å²) < 4.78 is 0.982. The lowest BCUT2D eigenvalue weighted by atomic mass is 10.1. The maximum absolute atomic E-state index is 12.1. The molecule has 0 radical (unpaired) electrons. The van der Waals surface area contributed by atoms with E-state index in [1.807, 2.05) is 36.4 Å². The van der Waals surface area contributed by atoms with Crippen LogP contribution in [0.5, 0.6) is 0 Å². The summed E-state index contributed by atoms with van der Waals surface area (Å²) in [6, 6.07) is 11.1. The number of hydrogen-bond acceptors (Lipinski definition) is 3. The second-order valence-electron chi connectivity index (χ2n) is 4.43. The summed E-state index contributed by atoms with van der Waals surface area (Å²) >= 11 is 4.63. The maximum atomic E-state index is 12.1. The molecule has 0 saturated carbocycles. The molecule has 2 aromatic carbocycles. The van der Waals surface area contributed by atoms with Crippen LogP contribution in [0.2, 0.25) is 0 Å². The van der Waals surface area contributed by atoms with Crippen LogP contribution in [-0.2, 0) is 4.79 Å². The molecule has 2 N–H and O–H groups in total. The van der Waals surface area contributed by atoms with Crippen LogP contribution >= 0.6 is 27.7 Å². The summed E-state index contributed by atoms with van der Waals surface area (Å²) in [5, 5.41) is 7.38. The maximum Gasteiger partial charge on any atom is 0.279 e. The number of nitrogens with one attached hydrogen (secondary N) is 2. The summed E-state index contributed by atoms with van der Waals surface area (Å²) in [5.74, 6) is 0.287. The fourth-order valence-electron chi connectivity index (χ4n) is 2.12. The number of anilines is 1. The quantitative estimate of drug-likeness (QED) is 0.872. The Balaban J connectivity index is 1.89. The Kier molecular flexibility index (Phi) is 3.67. The molecule has 102 valence electrons. The van der Waals surface area contributed by atoms with Crippen molar-refractivity contribution < 1.29 is 9.59 Å². The lowest BCUT2D eigenvalue weighted by Gasteiger charge is -2.13. The Morgan fingerprint density at radius 2 is 2.00 bits per heavy atom. The number of carbonyl (C=O) groups excluding carboxylic acids is 2. The second-order valence-corrected chi connectivity index (χ2v) is 6.27. The smallest absolute Gasteiger partial charge is 0.279 e. The number of amides is 2. The Bertz CT molecular complexity index is 705. The molecule has 1 aliphatic heterocycles. The average molecular weight is 351 g/mol. The number of benzene rings is 2. The lowest BCUT2D eigenvalue weighted by molar-refractivity contribution is -0.117. The van der Waals surface area contributed by atoms with Gasteiger partial charge in [-0.3, -0.25) is 9.59 Å². The molecule has 1 aliphatic rings. The number of halogens is 1. The Morgan fingerprint density at radius 3 is 2.70 bits per heavy atom. The highest BCUT2D eigenvalue weighted by molar-refractivity contribution is 9.10. The standard InChI is InChI=1S/C14H11BrN2O2S/c15-10-5-6-11(9-4-2-1-3-8(9)10)16-13(18)12-7-20-14(19)17-12/h1-6,12H,7H2,(H,16,18)(H,17,19).